The minimum atomic E-state index is -0.208. The largest absolute Gasteiger partial charge is 0.497 e. The van der Waals surface area contributed by atoms with E-state index in [-0.39, 0.29) is 24.2 Å². The third-order valence-electron chi connectivity index (χ3n) is 4.66. The first-order valence-corrected chi connectivity index (χ1v) is 9.43. The lowest BCUT2D eigenvalue weighted by Gasteiger charge is -2.12. The van der Waals surface area contributed by atoms with Gasteiger partial charge in [-0.3, -0.25) is 4.79 Å². The molecule has 1 aromatic heterocycles. The maximum absolute atomic E-state index is 13.0. The van der Waals surface area contributed by atoms with E-state index < -0.39 is 0 Å². The van der Waals surface area contributed by atoms with Crippen molar-refractivity contribution in [3.63, 3.8) is 0 Å². The molecule has 8 heteroatoms. The zero-order chi connectivity index (χ0) is 20.8. The van der Waals surface area contributed by atoms with Gasteiger partial charge in [-0.15, -0.1) is 12.4 Å². The van der Waals surface area contributed by atoms with Gasteiger partial charge in [0.25, 0.3) is 5.91 Å². The van der Waals surface area contributed by atoms with E-state index in [9.17, 15) is 4.79 Å². The SMILES string of the molecule is COc1ccc(-c2nn(-c3ccccc3)cc2C(=O)NCC(C)CN)c(OC)c1.Cl. The molecule has 0 aliphatic heterocycles. The number of nitrogens with one attached hydrogen (secondary N) is 1. The predicted molar refractivity (Wildman–Crippen MR) is 120 cm³/mol. The topological polar surface area (TPSA) is 91.4 Å². The number of benzene rings is 2. The number of para-hydroxylation sites is 1. The molecule has 1 atom stereocenters. The molecule has 160 valence electrons. The molecule has 1 unspecified atom stereocenters. The van der Waals surface area contributed by atoms with Crippen LogP contribution in [0.1, 0.15) is 17.3 Å². The Labute approximate surface area is 182 Å². The van der Waals surface area contributed by atoms with Crippen molar-refractivity contribution in [3.8, 4) is 28.4 Å². The van der Waals surface area contributed by atoms with E-state index in [2.05, 4.69) is 5.32 Å². The van der Waals surface area contributed by atoms with Crippen LogP contribution in [-0.4, -0.2) is 43.0 Å². The first-order valence-electron chi connectivity index (χ1n) is 9.43. The molecule has 1 heterocycles. The molecule has 0 saturated carbocycles. The van der Waals surface area contributed by atoms with E-state index in [0.717, 1.165) is 5.69 Å². The van der Waals surface area contributed by atoms with Crippen molar-refractivity contribution in [1.29, 1.82) is 0 Å². The van der Waals surface area contributed by atoms with Gasteiger partial charge in [-0.05, 0) is 36.7 Å². The molecule has 30 heavy (non-hydrogen) atoms. The second kappa shape index (κ2) is 10.7. The highest BCUT2D eigenvalue weighted by Gasteiger charge is 2.22. The molecule has 0 aliphatic rings. The molecule has 0 spiro atoms. The van der Waals surface area contributed by atoms with E-state index in [1.165, 1.54) is 0 Å². The van der Waals surface area contributed by atoms with Crippen LogP contribution in [0, 0.1) is 5.92 Å². The Bertz CT molecular complexity index is 976. The summed E-state index contributed by atoms with van der Waals surface area (Å²) < 4.78 is 12.5. The number of aromatic nitrogens is 2. The number of ether oxygens (including phenoxy) is 2. The molecular formula is C22H27ClN4O3. The number of nitrogens with zero attached hydrogens (tertiary/aromatic N) is 2. The molecule has 0 saturated heterocycles. The fraction of sp³-hybridized carbons (Fsp3) is 0.273. The monoisotopic (exact) mass is 430 g/mol. The highest BCUT2D eigenvalue weighted by Crippen LogP contribution is 2.34. The second-order valence-electron chi connectivity index (χ2n) is 6.79. The first-order chi connectivity index (χ1) is 14.1. The summed E-state index contributed by atoms with van der Waals surface area (Å²) >= 11 is 0. The van der Waals surface area contributed by atoms with Crippen LogP contribution in [0.15, 0.2) is 54.7 Å². The number of amides is 1. The third-order valence-corrected chi connectivity index (χ3v) is 4.66. The lowest BCUT2D eigenvalue weighted by atomic mass is 10.1. The second-order valence-corrected chi connectivity index (χ2v) is 6.79. The Morgan fingerprint density at radius 3 is 2.53 bits per heavy atom. The summed E-state index contributed by atoms with van der Waals surface area (Å²) in [6.45, 7) is 2.98. The van der Waals surface area contributed by atoms with Gasteiger partial charge in [0.1, 0.15) is 17.2 Å². The van der Waals surface area contributed by atoms with Crippen LogP contribution in [-0.2, 0) is 0 Å². The van der Waals surface area contributed by atoms with Crippen molar-refractivity contribution < 1.29 is 14.3 Å². The van der Waals surface area contributed by atoms with Crippen LogP contribution in [0.2, 0.25) is 0 Å². The summed E-state index contributed by atoms with van der Waals surface area (Å²) in [5, 5.41) is 7.64. The fourth-order valence-corrected chi connectivity index (χ4v) is 2.89. The zero-order valence-electron chi connectivity index (χ0n) is 17.3. The van der Waals surface area contributed by atoms with Gasteiger partial charge in [-0.25, -0.2) is 4.68 Å². The van der Waals surface area contributed by atoms with Crippen LogP contribution < -0.4 is 20.5 Å². The van der Waals surface area contributed by atoms with Crippen LogP contribution in [0.5, 0.6) is 11.5 Å². The summed E-state index contributed by atoms with van der Waals surface area (Å²) in [7, 11) is 3.17. The Kier molecular flexibility index (Phi) is 8.26. The number of methoxy groups -OCH3 is 2. The van der Waals surface area contributed by atoms with E-state index >= 15 is 0 Å². The van der Waals surface area contributed by atoms with Crippen LogP contribution in [0.25, 0.3) is 16.9 Å². The van der Waals surface area contributed by atoms with Crippen LogP contribution in [0.3, 0.4) is 0 Å². The Morgan fingerprint density at radius 2 is 1.90 bits per heavy atom. The predicted octanol–water partition coefficient (Wildman–Crippen LogP) is 3.30. The van der Waals surface area contributed by atoms with Crippen molar-refractivity contribution in [2.75, 3.05) is 27.3 Å². The molecule has 0 radical (unpaired) electrons. The molecule has 1 amide bonds. The smallest absolute Gasteiger partial charge is 0.255 e. The number of halogens is 1. The van der Waals surface area contributed by atoms with Gasteiger partial charge in [0.15, 0.2) is 0 Å². The molecule has 7 nitrogen and oxygen atoms in total. The number of hydrogen-bond acceptors (Lipinski definition) is 5. The average molecular weight is 431 g/mol. The van der Waals surface area contributed by atoms with Crippen molar-refractivity contribution in [2.24, 2.45) is 11.7 Å². The molecule has 2 aromatic carbocycles. The molecule has 3 aromatic rings. The van der Waals surface area contributed by atoms with Gasteiger partial charge in [0, 0.05) is 24.4 Å². The van der Waals surface area contributed by atoms with Crippen molar-refractivity contribution in [3.05, 3.63) is 60.3 Å². The molecular weight excluding hydrogens is 404 g/mol. The quantitative estimate of drug-likeness (QED) is 0.572. The lowest BCUT2D eigenvalue weighted by molar-refractivity contribution is 0.0949. The van der Waals surface area contributed by atoms with Crippen LogP contribution >= 0.6 is 12.4 Å². The summed E-state index contributed by atoms with van der Waals surface area (Å²) in [6, 6.07) is 15.1. The Hall–Kier alpha value is -3.03. The van der Waals surface area contributed by atoms with Crippen molar-refractivity contribution in [1.82, 2.24) is 15.1 Å². The summed E-state index contributed by atoms with van der Waals surface area (Å²) in [4.78, 5) is 13.0. The molecule has 3 rings (SSSR count). The first kappa shape index (κ1) is 23.3. The number of nitrogens with two attached hydrogens (primary N) is 1. The summed E-state index contributed by atoms with van der Waals surface area (Å²) in [5.74, 6) is 1.21. The van der Waals surface area contributed by atoms with E-state index in [1.54, 1.807) is 31.2 Å². The minimum Gasteiger partial charge on any atom is -0.497 e. The maximum Gasteiger partial charge on any atom is 0.255 e. The molecule has 0 bridgehead atoms. The fourth-order valence-electron chi connectivity index (χ4n) is 2.89. The Balaban J connectivity index is 0.00000320. The minimum absolute atomic E-state index is 0. The van der Waals surface area contributed by atoms with Gasteiger partial charge in [0.05, 0.1) is 25.5 Å². The number of carbonyl (C=O) groups excluding carboxylic acids is 1. The maximum atomic E-state index is 13.0. The highest BCUT2D eigenvalue weighted by molar-refractivity contribution is 6.00. The van der Waals surface area contributed by atoms with Gasteiger partial charge in [-0.1, -0.05) is 25.1 Å². The van der Waals surface area contributed by atoms with E-state index in [4.69, 9.17) is 20.3 Å². The van der Waals surface area contributed by atoms with E-state index in [1.807, 2.05) is 49.4 Å². The average Bonchev–Trinajstić information content (AvgIpc) is 3.22. The van der Waals surface area contributed by atoms with Crippen molar-refractivity contribution in [2.45, 2.75) is 6.92 Å². The van der Waals surface area contributed by atoms with Gasteiger partial charge < -0.3 is 20.5 Å². The number of carbonyl (C=O) groups is 1. The molecule has 0 fully saturated rings. The van der Waals surface area contributed by atoms with Gasteiger partial charge in [0.2, 0.25) is 0 Å². The number of rotatable bonds is 8. The number of hydrogen-bond donors (Lipinski definition) is 2. The summed E-state index contributed by atoms with van der Waals surface area (Å²) in [5.41, 5.74) is 8.23. The van der Waals surface area contributed by atoms with Crippen molar-refractivity contribution >= 4 is 18.3 Å². The normalized spacial score (nSPS) is 11.3. The lowest BCUT2D eigenvalue weighted by Crippen LogP contribution is -2.31. The molecule has 3 N–H and O–H groups in total. The standard InChI is InChI=1S/C22H26N4O3.ClH/c1-15(12-23)13-24-22(27)19-14-26(16-7-5-4-6-8-16)25-21(19)18-10-9-17(28-2)11-20(18)29-3;/h4-11,14-15H,12-13,23H2,1-3H3,(H,24,27);1H. The third kappa shape index (κ3) is 5.11. The molecule has 0 aliphatic carbocycles. The van der Waals surface area contributed by atoms with Gasteiger partial charge in [-0.2, -0.15) is 5.10 Å². The van der Waals surface area contributed by atoms with Crippen LogP contribution in [0.4, 0.5) is 0 Å². The van der Waals surface area contributed by atoms with Gasteiger partial charge >= 0.3 is 0 Å². The zero-order valence-corrected chi connectivity index (χ0v) is 18.1. The van der Waals surface area contributed by atoms with E-state index in [0.29, 0.717) is 41.4 Å². The Morgan fingerprint density at radius 1 is 1.17 bits per heavy atom. The highest BCUT2D eigenvalue weighted by atomic mass is 35.5. The summed E-state index contributed by atoms with van der Waals surface area (Å²) in [6.07, 6.45) is 1.73.